The van der Waals surface area contributed by atoms with Crippen molar-refractivity contribution < 1.29 is 4.79 Å². The third kappa shape index (κ3) is 5.76. The van der Waals surface area contributed by atoms with Crippen molar-refractivity contribution in [1.82, 2.24) is 0 Å². The molecule has 0 fully saturated rings. The number of hydrogen-bond acceptors (Lipinski definition) is 1. The minimum atomic E-state index is 0.372. The number of rotatable bonds is 6. The van der Waals surface area contributed by atoms with Crippen molar-refractivity contribution in [2.75, 3.05) is 0 Å². The summed E-state index contributed by atoms with van der Waals surface area (Å²) in [6.45, 7) is 13.1. The Morgan fingerprint density at radius 3 is 1.93 bits per heavy atom. The topological polar surface area (TPSA) is 17.1 Å². The maximum absolute atomic E-state index is 11.0. The predicted octanol–water partition coefficient (Wildman–Crippen LogP) is 4.09. The van der Waals surface area contributed by atoms with Gasteiger partial charge in [-0.05, 0) is 35.7 Å². The van der Waals surface area contributed by atoms with Crippen molar-refractivity contribution in [2.24, 2.45) is 23.7 Å². The molecule has 0 aromatic carbocycles. The molecule has 2 unspecified atom stereocenters. The van der Waals surface area contributed by atoms with E-state index in [2.05, 4.69) is 47.6 Å². The van der Waals surface area contributed by atoms with E-state index < -0.39 is 0 Å². The van der Waals surface area contributed by atoms with Gasteiger partial charge in [0, 0.05) is 0 Å². The van der Waals surface area contributed by atoms with Gasteiger partial charge in [-0.3, -0.25) is 4.79 Å². The van der Waals surface area contributed by atoms with E-state index in [1.54, 1.807) is 0 Å². The smallest absolute Gasteiger partial charge is 0.145 e. The quantitative estimate of drug-likeness (QED) is 0.477. The van der Waals surface area contributed by atoms with Crippen molar-refractivity contribution in [1.29, 1.82) is 0 Å². The van der Waals surface area contributed by atoms with E-state index in [1.807, 2.05) is 0 Å². The van der Waals surface area contributed by atoms with Gasteiger partial charge in [-0.1, -0.05) is 47.6 Å². The maximum Gasteiger partial charge on any atom is 0.145 e. The zero-order chi connectivity index (χ0) is 12.0. The zero-order valence-corrected chi connectivity index (χ0v) is 11.1. The van der Waals surface area contributed by atoms with E-state index in [0.717, 1.165) is 18.3 Å². The summed E-state index contributed by atoms with van der Waals surface area (Å²) in [5, 5.41) is 0. The highest BCUT2D eigenvalue weighted by Crippen LogP contribution is 2.22. The Hall–Kier alpha value is -0.590. The first-order chi connectivity index (χ1) is 6.88. The molecule has 0 spiro atoms. The van der Waals surface area contributed by atoms with Crippen molar-refractivity contribution in [3.63, 3.8) is 0 Å². The lowest BCUT2D eigenvalue weighted by Crippen LogP contribution is -2.10. The predicted molar refractivity (Wildman–Crippen MR) is 66.8 cm³/mol. The lowest BCUT2D eigenvalue weighted by Gasteiger charge is -2.17. The zero-order valence-electron chi connectivity index (χ0n) is 11.1. The fourth-order valence-corrected chi connectivity index (χ4v) is 1.82. The lowest BCUT2D eigenvalue weighted by atomic mass is 9.87. The summed E-state index contributed by atoms with van der Waals surface area (Å²) in [6, 6.07) is 0. The first-order valence-electron chi connectivity index (χ1n) is 6.05. The van der Waals surface area contributed by atoms with Crippen LogP contribution in [0, 0.1) is 23.7 Å². The van der Waals surface area contributed by atoms with Crippen LogP contribution in [-0.2, 0) is 4.79 Å². The van der Waals surface area contributed by atoms with E-state index in [-0.39, 0.29) is 0 Å². The Balaban J connectivity index is 4.51. The first-order valence-corrected chi connectivity index (χ1v) is 6.05. The second-order valence-corrected chi connectivity index (χ2v) is 5.42. The molecule has 0 saturated heterocycles. The lowest BCUT2D eigenvalue weighted by molar-refractivity contribution is -0.105. The molecular formula is C14H26O. The van der Waals surface area contributed by atoms with Gasteiger partial charge in [-0.15, -0.1) is 0 Å². The Morgan fingerprint density at radius 1 is 1.07 bits per heavy atom. The van der Waals surface area contributed by atoms with E-state index in [1.165, 1.54) is 0 Å². The Labute approximate surface area is 95.0 Å². The van der Waals surface area contributed by atoms with Gasteiger partial charge < -0.3 is 0 Å². The Kier molecular flexibility index (Phi) is 6.55. The minimum absolute atomic E-state index is 0.372. The molecule has 0 radical (unpaired) electrons. The van der Waals surface area contributed by atoms with Crippen LogP contribution in [0.5, 0.6) is 0 Å². The van der Waals surface area contributed by atoms with Gasteiger partial charge in [-0.25, -0.2) is 0 Å². The molecule has 0 N–H and O–H groups in total. The molecule has 1 heteroatoms. The standard InChI is InChI=1S/C14H26O/c1-10(2)7-12(5)8-14(9-15)13(6)11(3)4/h8-13H,7H2,1-6H3. The highest BCUT2D eigenvalue weighted by molar-refractivity contribution is 5.73. The molecule has 0 saturated carbocycles. The molecule has 15 heavy (non-hydrogen) atoms. The summed E-state index contributed by atoms with van der Waals surface area (Å²) >= 11 is 0. The number of allylic oxidation sites excluding steroid dienone is 2. The third-order valence-corrected chi connectivity index (χ3v) is 2.98. The summed E-state index contributed by atoms with van der Waals surface area (Å²) in [5.41, 5.74) is 0.971. The van der Waals surface area contributed by atoms with Crippen molar-refractivity contribution in [2.45, 2.75) is 48.0 Å². The molecule has 1 nitrogen and oxygen atoms in total. The van der Waals surface area contributed by atoms with Gasteiger partial charge in [0.2, 0.25) is 0 Å². The second kappa shape index (κ2) is 6.81. The summed E-state index contributed by atoms with van der Waals surface area (Å²) < 4.78 is 0. The van der Waals surface area contributed by atoms with Crippen LogP contribution in [0.4, 0.5) is 0 Å². The summed E-state index contributed by atoms with van der Waals surface area (Å²) in [7, 11) is 0. The summed E-state index contributed by atoms with van der Waals surface area (Å²) in [6.07, 6.45) is 4.33. The van der Waals surface area contributed by atoms with Crippen LogP contribution >= 0.6 is 0 Å². The van der Waals surface area contributed by atoms with Gasteiger partial charge >= 0.3 is 0 Å². The third-order valence-electron chi connectivity index (χ3n) is 2.98. The summed E-state index contributed by atoms with van der Waals surface area (Å²) in [4.78, 5) is 11.0. The van der Waals surface area contributed by atoms with Gasteiger partial charge in [0.25, 0.3) is 0 Å². The van der Waals surface area contributed by atoms with Gasteiger partial charge in [0.15, 0.2) is 0 Å². The highest BCUT2D eigenvalue weighted by Gasteiger charge is 2.13. The van der Waals surface area contributed by atoms with Crippen LogP contribution in [-0.4, -0.2) is 6.29 Å². The monoisotopic (exact) mass is 210 g/mol. The average molecular weight is 210 g/mol. The molecule has 2 atom stereocenters. The molecule has 0 aliphatic rings. The molecule has 0 amide bonds. The molecule has 0 aliphatic heterocycles. The second-order valence-electron chi connectivity index (χ2n) is 5.42. The molecular weight excluding hydrogens is 184 g/mol. The van der Waals surface area contributed by atoms with Gasteiger partial charge in [0.1, 0.15) is 6.29 Å². The molecule has 0 rings (SSSR count). The average Bonchev–Trinajstić information content (AvgIpc) is 2.11. The molecule has 0 aromatic rings. The first kappa shape index (κ1) is 14.4. The van der Waals surface area contributed by atoms with Crippen LogP contribution < -0.4 is 0 Å². The maximum atomic E-state index is 11.0. The Morgan fingerprint density at radius 2 is 1.60 bits per heavy atom. The number of carbonyl (C=O) groups is 1. The van der Waals surface area contributed by atoms with E-state index >= 15 is 0 Å². The largest absolute Gasteiger partial charge is 0.298 e. The van der Waals surface area contributed by atoms with Crippen LogP contribution in [0.25, 0.3) is 0 Å². The van der Waals surface area contributed by atoms with Crippen LogP contribution in [0.2, 0.25) is 0 Å². The van der Waals surface area contributed by atoms with Crippen LogP contribution in [0.3, 0.4) is 0 Å². The van der Waals surface area contributed by atoms with E-state index in [0.29, 0.717) is 23.7 Å². The molecule has 0 aliphatic carbocycles. The molecule has 0 bridgehead atoms. The number of carbonyl (C=O) groups excluding carboxylic acids is 1. The minimum Gasteiger partial charge on any atom is -0.298 e. The normalized spacial score (nSPS) is 16.9. The molecule has 0 aromatic heterocycles. The summed E-state index contributed by atoms with van der Waals surface area (Å²) in [5.74, 6) is 2.11. The Bertz CT molecular complexity index is 213. The SMILES string of the molecule is CC(C)CC(C)C=C(C=O)C(C)C(C)C. The van der Waals surface area contributed by atoms with Crippen molar-refractivity contribution in [3.05, 3.63) is 11.6 Å². The fourth-order valence-electron chi connectivity index (χ4n) is 1.82. The fraction of sp³-hybridized carbons (Fsp3) is 0.786. The highest BCUT2D eigenvalue weighted by atomic mass is 16.1. The van der Waals surface area contributed by atoms with E-state index in [4.69, 9.17) is 0 Å². The van der Waals surface area contributed by atoms with Crippen LogP contribution in [0.1, 0.15) is 48.0 Å². The number of aldehydes is 1. The van der Waals surface area contributed by atoms with Gasteiger partial charge in [0.05, 0.1) is 0 Å². The number of hydrogen-bond donors (Lipinski definition) is 0. The van der Waals surface area contributed by atoms with E-state index in [9.17, 15) is 4.79 Å². The van der Waals surface area contributed by atoms with Gasteiger partial charge in [-0.2, -0.15) is 0 Å². The molecule has 0 heterocycles. The van der Waals surface area contributed by atoms with Crippen molar-refractivity contribution >= 4 is 6.29 Å². The molecule has 88 valence electrons. The van der Waals surface area contributed by atoms with Crippen molar-refractivity contribution in [3.8, 4) is 0 Å². The van der Waals surface area contributed by atoms with Crippen LogP contribution in [0.15, 0.2) is 11.6 Å².